The smallest absolute Gasteiger partial charge is 0.245 e. The van der Waals surface area contributed by atoms with Gasteiger partial charge >= 0.3 is 0 Å². The molecule has 9 heteroatoms. The van der Waals surface area contributed by atoms with Gasteiger partial charge in [-0.15, -0.1) is 0 Å². The number of hydrogen-bond acceptors (Lipinski definition) is 5. The second-order valence-electron chi connectivity index (χ2n) is 13.2. The molecule has 1 saturated heterocycles. The lowest BCUT2D eigenvalue weighted by molar-refractivity contribution is -0.144. The highest BCUT2D eigenvalue weighted by atomic mass is 32.1. The Kier molecular flexibility index (Phi) is 12.5. The molecule has 2 aromatic carbocycles. The van der Waals surface area contributed by atoms with Crippen LogP contribution in [-0.2, 0) is 27.2 Å². The first kappa shape index (κ1) is 35.2. The Hall–Kier alpha value is -3.30. The molecule has 3 aromatic rings. The van der Waals surface area contributed by atoms with Crippen molar-refractivity contribution in [1.29, 1.82) is 0 Å². The summed E-state index contributed by atoms with van der Waals surface area (Å²) in [5.41, 5.74) is 5.79. The maximum atomic E-state index is 13.6. The molecule has 1 aliphatic heterocycles. The second-order valence-corrected chi connectivity index (χ2v) is 13.8. The van der Waals surface area contributed by atoms with Crippen LogP contribution in [0.5, 0.6) is 0 Å². The van der Waals surface area contributed by atoms with Gasteiger partial charge in [-0.2, -0.15) is 12.6 Å². The third-order valence-corrected chi connectivity index (χ3v) is 9.53. The van der Waals surface area contributed by atoms with Crippen molar-refractivity contribution in [2.75, 3.05) is 27.2 Å². The average molecular weight is 622 g/mol. The molecule has 0 radical (unpaired) electrons. The number of para-hydroxylation sites is 1. The van der Waals surface area contributed by atoms with Gasteiger partial charge in [0, 0.05) is 62.9 Å². The molecule has 3 N–H and O–H groups in total. The third kappa shape index (κ3) is 9.60. The van der Waals surface area contributed by atoms with Crippen molar-refractivity contribution < 1.29 is 14.4 Å². The summed E-state index contributed by atoms with van der Waals surface area (Å²) in [4.78, 5) is 43.9. The molecule has 2 atom stereocenters. The predicted molar refractivity (Wildman–Crippen MR) is 182 cm³/mol. The summed E-state index contributed by atoms with van der Waals surface area (Å²) in [5, 5.41) is 6.11. The fraction of sp³-hybridized carbons (Fsp3) is 0.514. The highest BCUT2D eigenvalue weighted by molar-refractivity contribution is 7.81. The lowest BCUT2D eigenvalue weighted by Gasteiger charge is -2.42. The summed E-state index contributed by atoms with van der Waals surface area (Å²) < 4.78 is 0. The molecule has 2 heterocycles. The number of aromatic amines is 1. The SMILES string of the molecule is CC(=O)N[C@H](Cc1c[nH]c2ccccc12)C(=O)N1CCC(Cc2ccccc2)(C(=O)NN(C)C)CC1.CC[C@H](S)C(C)(C)C. The summed E-state index contributed by atoms with van der Waals surface area (Å²) >= 11 is 4.41. The van der Waals surface area contributed by atoms with Crippen LogP contribution in [0.15, 0.2) is 60.8 Å². The van der Waals surface area contributed by atoms with Gasteiger partial charge in [0.1, 0.15) is 6.04 Å². The number of benzene rings is 2. The Bertz CT molecular complexity index is 1370. The zero-order chi connectivity index (χ0) is 32.5. The molecule has 1 aliphatic rings. The van der Waals surface area contributed by atoms with E-state index in [9.17, 15) is 14.4 Å². The number of carbonyl (C=O) groups is 3. The fourth-order valence-electron chi connectivity index (χ4n) is 5.75. The Morgan fingerprint density at radius 1 is 1.02 bits per heavy atom. The van der Waals surface area contributed by atoms with Crippen LogP contribution >= 0.6 is 12.6 Å². The molecule has 4 rings (SSSR count). The van der Waals surface area contributed by atoms with Gasteiger partial charge in [-0.3, -0.25) is 19.8 Å². The van der Waals surface area contributed by atoms with Crippen molar-refractivity contribution in [2.24, 2.45) is 10.8 Å². The Labute approximate surface area is 268 Å². The van der Waals surface area contributed by atoms with E-state index in [2.05, 4.69) is 56.1 Å². The van der Waals surface area contributed by atoms with E-state index in [1.807, 2.05) is 60.8 Å². The number of nitrogens with zero attached hydrogens (tertiary/aromatic N) is 2. The van der Waals surface area contributed by atoms with Gasteiger partial charge < -0.3 is 15.2 Å². The summed E-state index contributed by atoms with van der Waals surface area (Å²) in [6.45, 7) is 11.2. The summed E-state index contributed by atoms with van der Waals surface area (Å²) in [5.74, 6) is -0.383. The largest absolute Gasteiger partial charge is 0.361 e. The summed E-state index contributed by atoms with van der Waals surface area (Å²) in [6, 6.07) is 17.3. The van der Waals surface area contributed by atoms with Crippen molar-refractivity contribution in [2.45, 2.75) is 78.0 Å². The number of hydrazine groups is 1. The van der Waals surface area contributed by atoms with Crippen LogP contribution < -0.4 is 10.7 Å². The van der Waals surface area contributed by atoms with Crippen LogP contribution in [-0.4, -0.2) is 71.1 Å². The summed E-state index contributed by atoms with van der Waals surface area (Å²) in [7, 11) is 3.60. The number of aromatic nitrogens is 1. The zero-order valence-electron chi connectivity index (χ0n) is 27.4. The number of nitrogens with one attached hydrogen (secondary N) is 3. The first-order valence-corrected chi connectivity index (χ1v) is 16.1. The van der Waals surface area contributed by atoms with Gasteiger partial charge in [0.25, 0.3) is 0 Å². The number of fused-ring (bicyclic) bond motifs is 1. The molecule has 240 valence electrons. The standard InChI is InChI=1S/C28H35N5O3.C7H16S/c1-20(34)30-25(17-22-19-29-24-12-8-7-11-23(22)24)26(35)33-15-13-28(14-16-33,27(36)31-32(2)3)18-21-9-5-4-6-10-21;1-5-6(8)7(2,3)4/h4-12,19,25,29H,13-18H2,1-3H3,(H,30,34)(H,31,36);6,8H,5H2,1-4H3/t25-;6-/m10/s1. The maximum absolute atomic E-state index is 13.6. The van der Waals surface area contributed by atoms with Crippen molar-refractivity contribution in [3.63, 3.8) is 0 Å². The molecule has 0 bridgehead atoms. The molecule has 8 nitrogen and oxygen atoms in total. The molecule has 0 unspecified atom stereocenters. The van der Waals surface area contributed by atoms with E-state index >= 15 is 0 Å². The average Bonchev–Trinajstić information content (AvgIpc) is 3.39. The molecule has 1 aromatic heterocycles. The fourth-order valence-corrected chi connectivity index (χ4v) is 5.75. The van der Waals surface area contributed by atoms with Gasteiger partial charge in [-0.05, 0) is 48.3 Å². The number of hydrogen-bond donors (Lipinski definition) is 4. The van der Waals surface area contributed by atoms with E-state index in [0.29, 0.717) is 49.4 Å². The molecule has 0 saturated carbocycles. The number of rotatable bonds is 9. The van der Waals surface area contributed by atoms with Gasteiger partial charge in [0.05, 0.1) is 5.41 Å². The van der Waals surface area contributed by atoms with Gasteiger partial charge in [0.15, 0.2) is 0 Å². The number of H-pyrrole nitrogens is 1. The van der Waals surface area contributed by atoms with Gasteiger partial charge in [0.2, 0.25) is 17.7 Å². The number of piperidine rings is 1. The van der Waals surface area contributed by atoms with Crippen LogP contribution in [0, 0.1) is 10.8 Å². The number of likely N-dealkylation sites (tertiary alicyclic amines) is 1. The van der Waals surface area contributed by atoms with Crippen LogP contribution in [0.2, 0.25) is 0 Å². The number of amides is 3. The second kappa shape index (κ2) is 15.6. The Balaban J connectivity index is 0.000000583. The lowest BCUT2D eigenvalue weighted by Crippen LogP contribution is -2.56. The van der Waals surface area contributed by atoms with Gasteiger partial charge in [-0.25, -0.2) is 5.01 Å². The molecule has 1 fully saturated rings. The highest BCUT2D eigenvalue weighted by Gasteiger charge is 2.43. The lowest BCUT2D eigenvalue weighted by atomic mass is 9.73. The topological polar surface area (TPSA) is 97.5 Å². The van der Waals surface area contributed by atoms with Crippen molar-refractivity contribution in [3.05, 3.63) is 71.9 Å². The first-order chi connectivity index (χ1) is 20.8. The van der Waals surface area contributed by atoms with E-state index < -0.39 is 11.5 Å². The van der Waals surface area contributed by atoms with E-state index in [1.54, 1.807) is 24.0 Å². The van der Waals surface area contributed by atoms with E-state index in [4.69, 9.17) is 0 Å². The minimum Gasteiger partial charge on any atom is -0.361 e. The monoisotopic (exact) mass is 621 g/mol. The van der Waals surface area contributed by atoms with Crippen LogP contribution in [0.4, 0.5) is 0 Å². The molecule has 3 amide bonds. The van der Waals surface area contributed by atoms with E-state index in [1.165, 1.54) is 6.92 Å². The number of carbonyl (C=O) groups excluding carboxylic acids is 3. The van der Waals surface area contributed by atoms with Crippen LogP contribution in [0.1, 0.15) is 65.0 Å². The van der Waals surface area contributed by atoms with E-state index in [-0.39, 0.29) is 17.7 Å². The van der Waals surface area contributed by atoms with Crippen LogP contribution in [0.25, 0.3) is 10.9 Å². The highest BCUT2D eigenvalue weighted by Crippen LogP contribution is 2.36. The third-order valence-electron chi connectivity index (χ3n) is 8.39. The molecule has 0 aliphatic carbocycles. The predicted octanol–water partition coefficient (Wildman–Crippen LogP) is 5.40. The minimum atomic E-state index is -0.668. The van der Waals surface area contributed by atoms with Crippen molar-refractivity contribution in [1.82, 2.24) is 25.6 Å². The zero-order valence-corrected chi connectivity index (χ0v) is 28.3. The van der Waals surface area contributed by atoms with Crippen molar-refractivity contribution in [3.8, 4) is 0 Å². The quantitative estimate of drug-likeness (QED) is 0.190. The molecule has 44 heavy (non-hydrogen) atoms. The van der Waals surface area contributed by atoms with Crippen molar-refractivity contribution >= 4 is 41.3 Å². The van der Waals surface area contributed by atoms with Gasteiger partial charge in [-0.1, -0.05) is 76.2 Å². The Morgan fingerprint density at radius 3 is 2.18 bits per heavy atom. The first-order valence-electron chi connectivity index (χ1n) is 15.6. The van der Waals surface area contributed by atoms with Crippen LogP contribution in [0.3, 0.4) is 0 Å². The normalized spacial score (nSPS) is 16.1. The number of thiol groups is 1. The van der Waals surface area contributed by atoms with E-state index in [0.717, 1.165) is 28.5 Å². The molecule has 0 spiro atoms. The molecular formula is C35H51N5O3S. The summed E-state index contributed by atoms with van der Waals surface area (Å²) in [6.07, 6.45) is 5.17. The Morgan fingerprint density at radius 2 is 1.64 bits per heavy atom. The molecular weight excluding hydrogens is 570 g/mol. The minimum absolute atomic E-state index is 0.0272. The maximum Gasteiger partial charge on any atom is 0.245 e.